The monoisotopic (exact) mass is 357 g/mol. The van der Waals surface area contributed by atoms with Crippen molar-refractivity contribution in [3.63, 3.8) is 0 Å². The molecule has 0 bridgehead atoms. The van der Waals surface area contributed by atoms with Crippen LogP contribution in [0.15, 0.2) is 41.8 Å². The summed E-state index contributed by atoms with van der Waals surface area (Å²) in [5.74, 6) is -0.183. The molecule has 1 N–H and O–H groups in total. The topological polar surface area (TPSA) is 38.3 Å². The number of rotatable bonds is 6. The normalized spacial score (nSPS) is 12.9. The highest BCUT2D eigenvalue weighted by Crippen LogP contribution is 2.31. The Labute approximate surface area is 142 Å². The molecule has 7 heteroatoms. The zero-order chi connectivity index (χ0) is 17.7. The van der Waals surface area contributed by atoms with E-state index in [0.717, 1.165) is 17.0 Å². The Morgan fingerprint density at radius 1 is 1.25 bits per heavy atom. The summed E-state index contributed by atoms with van der Waals surface area (Å²) < 4.78 is 43.1. The molecule has 1 aromatic carbocycles. The average molecular weight is 357 g/mol. The van der Waals surface area contributed by atoms with Crippen LogP contribution in [0.4, 0.5) is 13.2 Å². The zero-order valence-electron chi connectivity index (χ0n) is 13.3. The van der Waals surface area contributed by atoms with E-state index in [1.165, 1.54) is 23.5 Å². The number of ether oxygens (including phenoxy) is 1. The number of halogens is 3. The van der Waals surface area contributed by atoms with Crippen LogP contribution < -0.4 is 10.1 Å². The molecule has 0 fully saturated rings. The average Bonchev–Trinajstić information content (AvgIpc) is 3.04. The van der Waals surface area contributed by atoms with E-state index in [9.17, 15) is 18.0 Å². The van der Waals surface area contributed by atoms with Gasteiger partial charge in [0.15, 0.2) is 6.61 Å². The Balaban J connectivity index is 1.96. The van der Waals surface area contributed by atoms with E-state index in [-0.39, 0.29) is 30.2 Å². The van der Waals surface area contributed by atoms with Gasteiger partial charge in [-0.15, -0.1) is 11.3 Å². The maximum Gasteiger partial charge on any atom is 0.416 e. The summed E-state index contributed by atoms with van der Waals surface area (Å²) in [6.45, 7) is 3.63. The Bertz CT molecular complexity index is 669. The molecule has 1 atom stereocenters. The number of hydrogen-bond acceptors (Lipinski definition) is 3. The third-order valence-electron chi connectivity index (χ3n) is 3.36. The Morgan fingerprint density at radius 2 is 2.00 bits per heavy atom. The standard InChI is InChI=1S/C17H18F3NO2S/c1-11(2)16(14-7-4-8-24-14)21-15(22)10-23-13-6-3-5-12(9-13)17(18,19)20/h3-9,11,16H,10H2,1-2H3,(H,21,22)/t16-/m1/s1. The second kappa shape index (κ2) is 7.70. The first kappa shape index (κ1) is 18.3. The quantitative estimate of drug-likeness (QED) is 0.817. The molecule has 24 heavy (non-hydrogen) atoms. The molecule has 3 nitrogen and oxygen atoms in total. The van der Waals surface area contributed by atoms with Crippen molar-refractivity contribution in [3.8, 4) is 5.75 Å². The molecule has 1 aromatic heterocycles. The summed E-state index contributed by atoms with van der Waals surface area (Å²) in [7, 11) is 0. The molecule has 0 aliphatic carbocycles. The van der Waals surface area contributed by atoms with Gasteiger partial charge in [-0.3, -0.25) is 4.79 Å². The number of hydrogen-bond donors (Lipinski definition) is 1. The van der Waals surface area contributed by atoms with E-state index in [2.05, 4.69) is 5.32 Å². The molecule has 1 heterocycles. The summed E-state index contributed by atoms with van der Waals surface area (Å²) in [5, 5.41) is 4.78. The van der Waals surface area contributed by atoms with Crippen molar-refractivity contribution in [2.24, 2.45) is 5.92 Å². The SMILES string of the molecule is CC(C)[C@@H](NC(=O)COc1cccc(C(F)(F)F)c1)c1cccs1. The number of carbonyl (C=O) groups excluding carboxylic acids is 1. The van der Waals surface area contributed by atoms with Crippen LogP contribution in [-0.4, -0.2) is 12.5 Å². The molecule has 0 radical (unpaired) electrons. The summed E-state index contributed by atoms with van der Waals surface area (Å²) in [6.07, 6.45) is -4.44. The molecule has 0 unspecified atom stereocenters. The molecule has 2 aromatic rings. The summed E-state index contributed by atoms with van der Waals surface area (Å²) in [4.78, 5) is 13.1. The lowest BCUT2D eigenvalue weighted by Crippen LogP contribution is -2.34. The van der Waals surface area contributed by atoms with Crippen molar-refractivity contribution in [1.29, 1.82) is 0 Å². The lowest BCUT2D eigenvalue weighted by Gasteiger charge is -2.21. The van der Waals surface area contributed by atoms with Crippen molar-refractivity contribution < 1.29 is 22.7 Å². The Hall–Kier alpha value is -2.02. The van der Waals surface area contributed by atoms with Crippen LogP contribution >= 0.6 is 11.3 Å². The van der Waals surface area contributed by atoms with E-state index >= 15 is 0 Å². The predicted molar refractivity (Wildman–Crippen MR) is 87.0 cm³/mol. The van der Waals surface area contributed by atoms with Crippen LogP contribution in [0, 0.1) is 5.92 Å². The van der Waals surface area contributed by atoms with Gasteiger partial charge < -0.3 is 10.1 Å². The lowest BCUT2D eigenvalue weighted by atomic mass is 10.0. The number of carbonyl (C=O) groups is 1. The van der Waals surface area contributed by atoms with Gasteiger partial charge in [0, 0.05) is 4.88 Å². The van der Waals surface area contributed by atoms with E-state index in [4.69, 9.17) is 4.74 Å². The molecule has 2 rings (SSSR count). The van der Waals surface area contributed by atoms with Crippen LogP contribution in [0.5, 0.6) is 5.75 Å². The number of alkyl halides is 3. The molecular weight excluding hydrogens is 339 g/mol. The molecule has 0 spiro atoms. The number of thiophene rings is 1. The number of nitrogens with one attached hydrogen (secondary N) is 1. The van der Waals surface area contributed by atoms with Gasteiger partial charge in [-0.25, -0.2) is 0 Å². The second-order valence-corrected chi connectivity index (χ2v) is 6.60. The van der Waals surface area contributed by atoms with Crippen molar-refractivity contribution in [3.05, 3.63) is 52.2 Å². The highest BCUT2D eigenvalue weighted by Gasteiger charge is 2.30. The van der Waals surface area contributed by atoms with Gasteiger partial charge in [-0.1, -0.05) is 26.0 Å². The van der Waals surface area contributed by atoms with Crippen molar-refractivity contribution >= 4 is 17.2 Å². The first-order chi connectivity index (χ1) is 11.3. The highest BCUT2D eigenvalue weighted by atomic mass is 32.1. The van der Waals surface area contributed by atoms with Crippen LogP contribution in [-0.2, 0) is 11.0 Å². The first-order valence-corrected chi connectivity index (χ1v) is 8.28. The molecule has 130 valence electrons. The van der Waals surface area contributed by atoms with E-state index in [0.29, 0.717) is 0 Å². The van der Waals surface area contributed by atoms with Crippen molar-refractivity contribution in [2.75, 3.05) is 6.61 Å². The number of benzene rings is 1. The second-order valence-electron chi connectivity index (χ2n) is 5.62. The predicted octanol–water partition coefficient (Wildman–Crippen LogP) is 4.66. The highest BCUT2D eigenvalue weighted by molar-refractivity contribution is 7.10. The maximum atomic E-state index is 12.7. The van der Waals surface area contributed by atoms with Gasteiger partial charge in [0.2, 0.25) is 0 Å². The van der Waals surface area contributed by atoms with Gasteiger partial charge in [0.25, 0.3) is 5.91 Å². The zero-order valence-corrected chi connectivity index (χ0v) is 14.1. The molecular formula is C17H18F3NO2S. The first-order valence-electron chi connectivity index (χ1n) is 7.40. The summed E-state index contributed by atoms with van der Waals surface area (Å²) in [6, 6.07) is 8.16. The molecule has 0 saturated carbocycles. The van der Waals surface area contributed by atoms with Crippen LogP contribution in [0.2, 0.25) is 0 Å². The minimum Gasteiger partial charge on any atom is -0.484 e. The van der Waals surface area contributed by atoms with Gasteiger partial charge in [-0.2, -0.15) is 13.2 Å². The van der Waals surface area contributed by atoms with E-state index in [1.807, 2.05) is 31.4 Å². The van der Waals surface area contributed by atoms with Crippen molar-refractivity contribution in [1.82, 2.24) is 5.32 Å². The van der Waals surface area contributed by atoms with E-state index in [1.54, 1.807) is 0 Å². The Kier molecular flexibility index (Phi) is 5.88. The van der Waals surface area contributed by atoms with Gasteiger partial charge in [0.05, 0.1) is 11.6 Å². The molecule has 1 amide bonds. The largest absolute Gasteiger partial charge is 0.484 e. The number of amides is 1. The van der Waals surface area contributed by atoms with E-state index < -0.39 is 11.7 Å². The van der Waals surface area contributed by atoms with Gasteiger partial charge in [-0.05, 0) is 35.6 Å². The molecule has 0 aliphatic heterocycles. The van der Waals surface area contributed by atoms with Crippen molar-refractivity contribution in [2.45, 2.75) is 26.1 Å². The van der Waals surface area contributed by atoms with Gasteiger partial charge in [0.1, 0.15) is 5.75 Å². The van der Waals surface area contributed by atoms with Crippen LogP contribution in [0.3, 0.4) is 0 Å². The fourth-order valence-electron chi connectivity index (χ4n) is 2.16. The summed E-state index contributed by atoms with van der Waals surface area (Å²) >= 11 is 1.54. The molecule has 0 aliphatic rings. The minimum absolute atomic E-state index is 0.0113. The lowest BCUT2D eigenvalue weighted by molar-refractivity contribution is -0.137. The fourth-order valence-corrected chi connectivity index (χ4v) is 3.11. The van der Waals surface area contributed by atoms with Gasteiger partial charge >= 0.3 is 6.18 Å². The third-order valence-corrected chi connectivity index (χ3v) is 4.32. The third kappa shape index (κ3) is 4.99. The smallest absolute Gasteiger partial charge is 0.416 e. The molecule has 0 saturated heterocycles. The van der Waals surface area contributed by atoms with Crippen LogP contribution in [0.25, 0.3) is 0 Å². The van der Waals surface area contributed by atoms with Crippen LogP contribution in [0.1, 0.15) is 30.3 Å². The Morgan fingerprint density at radius 3 is 2.58 bits per heavy atom. The summed E-state index contributed by atoms with van der Waals surface area (Å²) in [5.41, 5.74) is -0.806. The maximum absolute atomic E-state index is 12.7. The minimum atomic E-state index is -4.44. The fraction of sp³-hybridized carbons (Fsp3) is 0.353.